The van der Waals surface area contributed by atoms with Crippen LogP contribution in [-0.2, 0) is 0 Å². The van der Waals surface area contributed by atoms with Gasteiger partial charge in [-0.25, -0.2) is 9.78 Å². The molecule has 0 radical (unpaired) electrons. The van der Waals surface area contributed by atoms with Gasteiger partial charge in [-0.05, 0) is 24.3 Å². The van der Waals surface area contributed by atoms with Crippen molar-refractivity contribution in [1.29, 1.82) is 0 Å². The number of fused-ring (bicyclic) bond motifs is 1. The fourth-order valence-corrected chi connectivity index (χ4v) is 3.53. The van der Waals surface area contributed by atoms with Crippen LogP contribution < -0.4 is 5.73 Å². The van der Waals surface area contributed by atoms with Crippen LogP contribution >= 0.6 is 11.8 Å². The second-order valence-corrected chi connectivity index (χ2v) is 5.55. The lowest BCUT2D eigenvalue weighted by molar-refractivity contribution is 0.0693. The second-order valence-electron chi connectivity index (χ2n) is 4.40. The van der Waals surface area contributed by atoms with Crippen molar-refractivity contribution in [2.24, 2.45) is 0 Å². The molecule has 6 heteroatoms. The van der Waals surface area contributed by atoms with E-state index in [0.29, 0.717) is 17.1 Å². The minimum Gasteiger partial charge on any atom is -0.476 e. The van der Waals surface area contributed by atoms with Crippen LogP contribution in [0.25, 0.3) is 5.52 Å². The minimum absolute atomic E-state index is 0.113. The monoisotopic (exact) mass is 263 g/mol. The number of hydrogen-bond acceptors (Lipinski definition) is 4. The lowest BCUT2D eigenvalue weighted by atomic mass is 10.1. The second kappa shape index (κ2) is 4.20. The Labute approximate surface area is 108 Å². The molecule has 3 N–H and O–H groups in total. The number of nitrogens with zero attached hydrogens (tertiary/aromatic N) is 2. The number of anilines is 1. The third-order valence-corrected chi connectivity index (χ3v) is 4.35. The maximum absolute atomic E-state index is 11.2. The van der Waals surface area contributed by atoms with Gasteiger partial charge in [0.1, 0.15) is 5.82 Å². The van der Waals surface area contributed by atoms with Gasteiger partial charge in [0.2, 0.25) is 0 Å². The summed E-state index contributed by atoms with van der Waals surface area (Å²) in [6, 6.07) is 3.42. The maximum Gasteiger partial charge on any atom is 0.356 e. The lowest BCUT2D eigenvalue weighted by Gasteiger charge is -2.07. The van der Waals surface area contributed by atoms with E-state index >= 15 is 0 Å². The van der Waals surface area contributed by atoms with Crippen LogP contribution in [0.1, 0.15) is 28.7 Å². The standard InChI is InChI=1S/C12H13N3O2S/c13-8-1-2-9-10(12(16)17)14-11(15(9)5-8)7-3-4-18-6-7/h1-2,5,7H,3-4,6,13H2,(H,16,17). The molecule has 2 aromatic heterocycles. The maximum atomic E-state index is 11.2. The van der Waals surface area contributed by atoms with Crippen molar-refractivity contribution in [2.45, 2.75) is 12.3 Å². The molecule has 0 saturated carbocycles. The number of pyridine rings is 1. The average molecular weight is 263 g/mol. The highest BCUT2D eigenvalue weighted by Crippen LogP contribution is 2.33. The van der Waals surface area contributed by atoms with Gasteiger partial charge in [-0.1, -0.05) is 0 Å². The first-order valence-corrected chi connectivity index (χ1v) is 6.91. The number of rotatable bonds is 2. The van der Waals surface area contributed by atoms with Crippen LogP contribution in [0.2, 0.25) is 0 Å². The molecule has 1 saturated heterocycles. The van der Waals surface area contributed by atoms with Crippen molar-refractivity contribution in [3.05, 3.63) is 29.8 Å². The number of thioether (sulfide) groups is 1. The van der Waals surface area contributed by atoms with Gasteiger partial charge in [0.25, 0.3) is 0 Å². The summed E-state index contributed by atoms with van der Waals surface area (Å²) < 4.78 is 1.83. The molecule has 0 aromatic carbocycles. The number of imidazole rings is 1. The lowest BCUT2D eigenvalue weighted by Crippen LogP contribution is -2.03. The van der Waals surface area contributed by atoms with Crippen molar-refractivity contribution in [3.8, 4) is 0 Å². The van der Waals surface area contributed by atoms with Crippen molar-refractivity contribution in [1.82, 2.24) is 9.38 Å². The number of hydrogen-bond donors (Lipinski definition) is 2. The van der Waals surface area contributed by atoms with Crippen LogP contribution in [0.4, 0.5) is 5.69 Å². The van der Waals surface area contributed by atoms with Crippen LogP contribution in [0.3, 0.4) is 0 Å². The summed E-state index contributed by atoms with van der Waals surface area (Å²) in [5.74, 6) is 2.24. The van der Waals surface area contributed by atoms with E-state index in [1.54, 1.807) is 18.3 Å². The van der Waals surface area contributed by atoms with Crippen LogP contribution in [0.15, 0.2) is 18.3 Å². The summed E-state index contributed by atoms with van der Waals surface area (Å²) in [5.41, 5.74) is 7.12. The highest BCUT2D eigenvalue weighted by Gasteiger charge is 2.25. The molecule has 1 fully saturated rings. The molecular formula is C12H13N3O2S. The molecular weight excluding hydrogens is 250 g/mol. The molecule has 1 aliphatic rings. The third kappa shape index (κ3) is 1.73. The molecule has 3 heterocycles. The first-order chi connectivity index (χ1) is 8.66. The number of nitrogen functional groups attached to an aromatic ring is 1. The van der Waals surface area contributed by atoms with Crippen molar-refractivity contribution < 1.29 is 9.90 Å². The molecule has 3 rings (SSSR count). The number of aromatic nitrogens is 2. The Hall–Kier alpha value is -1.69. The Morgan fingerprint density at radius 3 is 3.06 bits per heavy atom. The van der Waals surface area contributed by atoms with E-state index < -0.39 is 5.97 Å². The quantitative estimate of drug-likeness (QED) is 0.864. The Morgan fingerprint density at radius 1 is 1.56 bits per heavy atom. The van der Waals surface area contributed by atoms with Gasteiger partial charge in [-0.3, -0.25) is 0 Å². The molecule has 94 valence electrons. The zero-order valence-electron chi connectivity index (χ0n) is 9.67. The van der Waals surface area contributed by atoms with Gasteiger partial charge in [0, 0.05) is 23.6 Å². The molecule has 0 bridgehead atoms. The van der Waals surface area contributed by atoms with Crippen LogP contribution in [-0.4, -0.2) is 32.0 Å². The summed E-state index contributed by atoms with van der Waals surface area (Å²) in [6.07, 6.45) is 2.80. The fourth-order valence-electron chi connectivity index (χ4n) is 2.31. The van der Waals surface area contributed by atoms with E-state index in [9.17, 15) is 9.90 Å². The summed E-state index contributed by atoms with van der Waals surface area (Å²) >= 11 is 1.88. The molecule has 5 nitrogen and oxygen atoms in total. The van der Waals surface area contributed by atoms with E-state index in [0.717, 1.165) is 23.8 Å². The molecule has 18 heavy (non-hydrogen) atoms. The average Bonchev–Trinajstić information content (AvgIpc) is 2.93. The number of carbonyl (C=O) groups is 1. The van der Waals surface area contributed by atoms with Crippen LogP contribution in [0.5, 0.6) is 0 Å². The molecule has 0 spiro atoms. The Morgan fingerprint density at radius 2 is 2.39 bits per heavy atom. The summed E-state index contributed by atoms with van der Waals surface area (Å²) in [5, 5.41) is 9.20. The number of carboxylic acids is 1. The molecule has 0 amide bonds. The molecule has 1 atom stereocenters. The normalized spacial score (nSPS) is 19.4. The zero-order valence-corrected chi connectivity index (χ0v) is 10.5. The Balaban J connectivity index is 2.23. The van der Waals surface area contributed by atoms with Gasteiger partial charge in [-0.15, -0.1) is 0 Å². The largest absolute Gasteiger partial charge is 0.476 e. The number of aromatic carboxylic acids is 1. The van der Waals surface area contributed by atoms with E-state index in [2.05, 4.69) is 4.98 Å². The van der Waals surface area contributed by atoms with Gasteiger partial charge >= 0.3 is 5.97 Å². The molecule has 1 aliphatic heterocycles. The molecule has 0 aliphatic carbocycles. The van der Waals surface area contributed by atoms with Crippen molar-refractivity contribution in [2.75, 3.05) is 17.2 Å². The molecule has 2 aromatic rings. The highest BCUT2D eigenvalue weighted by atomic mass is 32.2. The number of carboxylic acid groups (broad SMARTS) is 1. The summed E-state index contributed by atoms with van der Waals surface area (Å²) in [7, 11) is 0. The van der Waals surface area contributed by atoms with Gasteiger partial charge in [-0.2, -0.15) is 11.8 Å². The highest BCUT2D eigenvalue weighted by molar-refractivity contribution is 7.99. The van der Waals surface area contributed by atoms with Gasteiger partial charge in [0.05, 0.1) is 5.52 Å². The minimum atomic E-state index is -0.992. The number of nitrogens with two attached hydrogens (primary N) is 1. The first kappa shape index (κ1) is 11.4. The Kier molecular flexibility index (Phi) is 2.66. The Bertz CT molecular complexity index is 617. The van der Waals surface area contributed by atoms with Crippen molar-refractivity contribution >= 4 is 28.9 Å². The van der Waals surface area contributed by atoms with E-state index in [1.807, 2.05) is 16.2 Å². The SMILES string of the molecule is Nc1ccc2c(C(=O)O)nc(C3CCSC3)n2c1. The van der Waals surface area contributed by atoms with E-state index in [4.69, 9.17) is 5.73 Å². The summed E-state index contributed by atoms with van der Waals surface area (Å²) in [6.45, 7) is 0. The zero-order chi connectivity index (χ0) is 12.7. The smallest absolute Gasteiger partial charge is 0.356 e. The van der Waals surface area contributed by atoms with Gasteiger partial charge in [0.15, 0.2) is 5.69 Å². The van der Waals surface area contributed by atoms with Gasteiger partial charge < -0.3 is 15.2 Å². The van der Waals surface area contributed by atoms with Crippen LogP contribution in [0, 0.1) is 0 Å². The fraction of sp³-hybridized carbons (Fsp3) is 0.333. The topological polar surface area (TPSA) is 80.6 Å². The van der Waals surface area contributed by atoms with E-state index in [1.165, 1.54) is 0 Å². The first-order valence-electron chi connectivity index (χ1n) is 5.75. The third-order valence-electron chi connectivity index (χ3n) is 3.18. The van der Waals surface area contributed by atoms with Crippen molar-refractivity contribution in [3.63, 3.8) is 0 Å². The van der Waals surface area contributed by atoms with E-state index in [-0.39, 0.29) is 5.69 Å². The predicted molar refractivity (Wildman–Crippen MR) is 71.2 cm³/mol. The molecule has 1 unspecified atom stereocenters. The predicted octanol–water partition coefficient (Wildman–Crippen LogP) is 1.84. The summed E-state index contributed by atoms with van der Waals surface area (Å²) in [4.78, 5) is 15.5.